The van der Waals surface area contributed by atoms with Crippen LogP contribution in [0.15, 0.2) is 30.7 Å². The zero-order chi connectivity index (χ0) is 15.4. The number of fused-ring (bicyclic) bond motifs is 1. The number of carbonyl (C=O) groups is 1. The molecule has 0 atom stereocenters. The number of aromatic nitrogens is 2. The highest BCUT2D eigenvalue weighted by molar-refractivity contribution is 5.85. The van der Waals surface area contributed by atoms with Gasteiger partial charge >= 0.3 is 0 Å². The van der Waals surface area contributed by atoms with E-state index < -0.39 is 5.41 Å². The van der Waals surface area contributed by atoms with Crippen LogP contribution in [0, 0.1) is 5.41 Å². The van der Waals surface area contributed by atoms with Crippen molar-refractivity contribution >= 4 is 36.4 Å². The van der Waals surface area contributed by atoms with Gasteiger partial charge in [0.05, 0.1) is 12.0 Å². The number of ether oxygens (including phenoxy) is 1. The predicted molar refractivity (Wildman–Crippen MR) is 97.9 cm³/mol. The molecule has 24 heavy (non-hydrogen) atoms. The molecular weight excluding hydrogens is 351 g/mol. The van der Waals surface area contributed by atoms with Crippen molar-refractivity contribution in [1.82, 2.24) is 20.0 Å². The quantitative estimate of drug-likeness (QED) is 0.837. The SMILES string of the molecule is COCC1(C(=O)NCc2ccn3ccnc3c2)CCNCC1.Cl.Cl. The maximum atomic E-state index is 12.7. The minimum atomic E-state index is -0.405. The fraction of sp³-hybridized carbons (Fsp3) is 0.500. The van der Waals surface area contributed by atoms with Crippen molar-refractivity contribution in [2.75, 3.05) is 26.8 Å². The van der Waals surface area contributed by atoms with Crippen molar-refractivity contribution in [1.29, 1.82) is 0 Å². The molecule has 0 saturated carbocycles. The third kappa shape index (κ3) is 4.39. The number of methoxy groups -OCH3 is 1. The third-order valence-electron chi connectivity index (χ3n) is 4.38. The Labute approximate surface area is 154 Å². The first-order chi connectivity index (χ1) is 10.7. The molecule has 2 N–H and O–H groups in total. The Balaban J connectivity index is 0.00000144. The number of hydrogen-bond donors (Lipinski definition) is 2. The molecule has 0 aliphatic carbocycles. The van der Waals surface area contributed by atoms with Crippen LogP contribution < -0.4 is 10.6 Å². The van der Waals surface area contributed by atoms with E-state index in [1.54, 1.807) is 13.3 Å². The minimum absolute atomic E-state index is 0. The van der Waals surface area contributed by atoms with Gasteiger partial charge < -0.3 is 19.8 Å². The number of hydrogen-bond acceptors (Lipinski definition) is 4. The third-order valence-corrected chi connectivity index (χ3v) is 4.38. The summed E-state index contributed by atoms with van der Waals surface area (Å²) in [7, 11) is 1.66. The van der Waals surface area contributed by atoms with Crippen molar-refractivity contribution in [2.24, 2.45) is 5.41 Å². The molecule has 6 nitrogen and oxygen atoms in total. The second-order valence-electron chi connectivity index (χ2n) is 5.87. The van der Waals surface area contributed by atoms with Gasteiger partial charge in [0.25, 0.3) is 0 Å². The van der Waals surface area contributed by atoms with Crippen LogP contribution in [0.1, 0.15) is 18.4 Å². The molecule has 2 aromatic heterocycles. The lowest BCUT2D eigenvalue weighted by Crippen LogP contribution is -2.49. The summed E-state index contributed by atoms with van der Waals surface area (Å²) in [5.41, 5.74) is 1.53. The Morgan fingerprint density at radius 3 is 2.83 bits per heavy atom. The molecule has 1 amide bonds. The Morgan fingerprint density at radius 2 is 2.12 bits per heavy atom. The number of amides is 1. The van der Waals surface area contributed by atoms with Crippen molar-refractivity contribution in [3.8, 4) is 0 Å². The lowest BCUT2D eigenvalue weighted by molar-refractivity contribution is -0.136. The van der Waals surface area contributed by atoms with E-state index in [2.05, 4.69) is 15.6 Å². The molecule has 1 aliphatic heterocycles. The van der Waals surface area contributed by atoms with Crippen LogP contribution >= 0.6 is 24.8 Å². The minimum Gasteiger partial charge on any atom is -0.384 e. The van der Waals surface area contributed by atoms with E-state index in [1.807, 2.05) is 28.9 Å². The summed E-state index contributed by atoms with van der Waals surface area (Å²) in [6.45, 7) is 2.70. The Hall–Kier alpha value is -1.34. The average molecular weight is 375 g/mol. The number of carbonyl (C=O) groups excluding carboxylic acids is 1. The van der Waals surface area contributed by atoms with Gasteiger partial charge in [-0.15, -0.1) is 24.8 Å². The Kier molecular flexibility index (Phi) is 7.96. The maximum absolute atomic E-state index is 12.7. The fourth-order valence-electron chi connectivity index (χ4n) is 3.05. The lowest BCUT2D eigenvalue weighted by Gasteiger charge is -2.35. The standard InChI is InChI=1S/C16H22N4O2.2ClH/c1-22-12-16(3-5-17-6-4-16)15(21)19-11-13-2-8-20-9-7-18-14(20)10-13;;/h2,7-10,17H,3-6,11-12H2,1H3,(H,19,21);2*1H. The molecule has 1 aliphatic rings. The van der Waals surface area contributed by atoms with Gasteiger partial charge in [-0.2, -0.15) is 0 Å². The van der Waals surface area contributed by atoms with Gasteiger partial charge in [-0.05, 0) is 43.6 Å². The average Bonchev–Trinajstić information content (AvgIpc) is 3.01. The van der Waals surface area contributed by atoms with Crippen LogP contribution in [-0.2, 0) is 16.1 Å². The first kappa shape index (κ1) is 20.7. The van der Waals surface area contributed by atoms with E-state index in [0.29, 0.717) is 13.2 Å². The van der Waals surface area contributed by atoms with E-state index >= 15 is 0 Å². The Bertz CT molecular complexity index is 651. The van der Waals surface area contributed by atoms with Crippen LogP contribution in [0.2, 0.25) is 0 Å². The molecule has 0 radical (unpaired) electrons. The molecule has 0 unspecified atom stereocenters. The summed E-state index contributed by atoms with van der Waals surface area (Å²) in [6.07, 6.45) is 7.25. The highest BCUT2D eigenvalue weighted by Gasteiger charge is 2.39. The number of nitrogens with one attached hydrogen (secondary N) is 2. The van der Waals surface area contributed by atoms with E-state index in [0.717, 1.165) is 37.1 Å². The molecule has 8 heteroatoms. The van der Waals surface area contributed by atoms with Crippen LogP contribution in [-0.4, -0.2) is 42.1 Å². The number of piperidine rings is 1. The molecule has 134 valence electrons. The Morgan fingerprint density at radius 1 is 1.38 bits per heavy atom. The van der Waals surface area contributed by atoms with Crippen LogP contribution in [0.25, 0.3) is 5.65 Å². The van der Waals surface area contributed by atoms with Gasteiger partial charge in [0.2, 0.25) is 5.91 Å². The molecule has 2 aromatic rings. The summed E-state index contributed by atoms with van der Waals surface area (Å²) in [6, 6.07) is 3.99. The second-order valence-corrected chi connectivity index (χ2v) is 5.87. The number of nitrogens with zero attached hydrogens (tertiary/aromatic N) is 2. The van der Waals surface area contributed by atoms with Crippen molar-refractivity contribution < 1.29 is 9.53 Å². The van der Waals surface area contributed by atoms with Gasteiger partial charge in [0, 0.05) is 32.2 Å². The fourth-order valence-corrected chi connectivity index (χ4v) is 3.05. The second kappa shape index (κ2) is 9.22. The van der Waals surface area contributed by atoms with E-state index in [1.165, 1.54) is 0 Å². The van der Waals surface area contributed by atoms with Crippen molar-refractivity contribution in [3.63, 3.8) is 0 Å². The van der Waals surface area contributed by atoms with Gasteiger partial charge in [0.1, 0.15) is 5.65 Å². The van der Waals surface area contributed by atoms with Gasteiger partial charge in [-0.3, -0.25) is 4.79 Å². The smallest absolute Gasteiger partial charge is 0.228 e. The topological polar surface area (TPSA) is 67.7 Å². The van der Waals surface area contributed by atoms with E-state index in [-0.39, 0.29) is 30.7 Å². The van der Waals surface area contributed by atoms with Crippen LogP contribution in [0.4, 0.5) is 0 Å². The van der Waals surface area contributed by atoms with E-state index in [4.69, 9.17) is 4.74 Å². The van der Waals surface area contributed by atoms with Crippen LogP contribution in [0.5, 0.6) is 0 Å². The molecular formula is C16H24Cl2N4O2. The predicted octanol–water partition coefficient (Wildman–Crippen LogP) is 1.81. The molecule has 3 heterocycles. The number of halogens is 2. The van der Waals surface area contributed by atoms with Crippen LogP contribution in [0.3, 0.4) is 0 Å². The first-order valence-corrected chi connectivity index (χ1v) is 7.63. The molecule has 0 bridgehead atoms. The maximum Gasteiger partial charge on any atom is 0.228 e. The summed E-state index contributed by atoms with van der Waals surface area (Å²) in [4.78, 5) is 16.9. The van der Waals surface area contributed by atoms with Crippen molar-refractivity contribution in [2.45, 2.75) is 19.4 Å². The summed E-state index contributed by atoms with van der Waals surface area (Å²) >= 11 is 0. The van der Waals surface area contributed by atoms with E-state index in [9.17, 15) is 4.79 Å². The largest absolute Gasteiger partial charge is 0.384 e. The summed E-state index contributed by atoms with van der Waals surface area (Å²) in [5.74, 6) is 0.0825. The van der Waals surface area contributed by atoms with Gasteiger partial charge in [0.15, 0.2) is 0 Å². The molecule has 1 fully saturated rings. The number of imidazole rings is 1. The monoisotopic (exact) mass is 374 g/mol. The summed E-state index contributed by atoms with van der Waals surface area (Å²) in [5, 5.41) is 6.36. The highest BCUT2D eigenvalue weighted by Crippen LogP contribution is 2.29. The molecule has 3 rings (SSSR count). The molecule has 0 aromatic carbocycles. The van der Waals surface area contributed by atoms with Gasteiger partial charge in [-0.1, -0.05) is 0 Å². The zero-order valence-electron chi connectivity index (χ0n) is 13.7. The summed E-state index contributed by atoms with van der Waals surface area (Å²) < 4.78 is 7.25. The zero-order valence-corrected chi connectivity index (χ0v) is 15.3. The molecule has 0 spiro atoms. The normalized spacial score (nSPS) is 16.0. The molecule has 1 saturated heterocycles. The lowest BCUT2D eigenvalue weighted by atomic mass is 9.78. The van der Waals surface area contributed by atoms with Crippen molar-refractivity contribution in [3.05, 3.63) is 36.3 Å². The number of pyridine rings is 1. The first-order valence-electron chi connectivity index (χ1n) is 7.63. The number of rotatable bonds is 5. The van der Waals surface area contributed by atoms with Gasteiger partial charge in [-0.25, -0.2) is 4.98 Å². The highest BCUT2D eigenvalue weighted by atomic mass is 35.5.